The lowest BCUT2D eigenvalue weighted by atomic mass is 10.1. The van der Waals surface area contributed by atoms with Gasteiger partial charge in [0, 0.05) is 16.3 Å². The number of carbonyl (C=O) groups is 2. The molecule has 4 aromatic rings. The molecule has 1 amide bonds. The van der Waals surface area contributed by atoms with E-state index in [1.54, 1.807) is 24.4 Å². The van der Waals surface area contributed by atoms with E-state index in [0.29, 0.717) is 22.9 Å². The highest BCUT2D eigenvalue weighted by Gasteiger charge is 2.24. The number of nitrogens with zero attached hydrogens (tertiary/aromatic N) is 2. The molecular weight excluding hydrogens is 498 g/mol. The minimum Gasteiger partial charge on any atom is -0.493 e. The van der Waals surface area contributed by atoms with Crippen molar-refractivity contribution < 1.29 is 28.5 Å². The van der Waals surface area contributed by atoms with Crippen LogP contribution < -0.4 is 25.1 Å². The van der Waals surface area contributed by atoms with Crippen LogP contribution in [-0.4, -0.2) is 49.6 Å². The second kappa shape index (κ2) is 10.7. The molecule has 10 nitrogen and oxygen atoms in total. The number of aryl methyl sites for hydroxylation is 1. The number of carbonyl (C=O) groups excluding carboxylic acids is 2. The van der Waals surface area contributed by atoms with Crippen molar-refractivity contribution in [3.05, 3.63) is 69.0 Å². The first-order chi connectivity index (χ1) is 17.8. The Morgan fingerprint density at radius 3 is 2.24 bits per heavy atom. The Morgan fingerprint density at radius 2 is 1.68 bits per heavy atom. The number of rotatable bonds is 8. The highest BCUT2D eigenvalue weighted by atomic mass is 32.1. The molecule has 0 radical (unpaired) electrons. The molecule has 0 saturated carbocycles. The fraction of sp³-hybridized carbons (Fsp3) is 0.231. The van der Waals surface area contributed by atoms with Crippen LogP contribution in [0.2, 0.25) is 0 Å². The highest BCUT2D eigenvalue weighted by Crippen LogP contribution is 2.39. The molecule has 0 unspecified atom stereocenters. The lowest BCUT2D eigenvalue weighted by molar-refractivity contribution is 0.0520. The number of benzene rings is 2. The van der Waals surface area contributed by atoms with Crippen LogP contribution >= 0.6 is 11.3 Å². The summed E-state index contributed by atoms with van der Waals surface area (Å²) >= 11 is 1.10. The van der Waals surface area contributed by atoms with Crippen molar-refractivity contribution in [1.29, 1.82) is 0 Å². The van der Waals surface area contributed by atoms with Crippen molar-refractivity contribution in [2.45, 2.75) is 13.8 Å². The summed E-state index contributed by atoms with van der Waals surface area (Å²) < 4.78 is 22.3. The van der Waals surface area contributed by atoms with Gasteiger partial charge in [-0.25, -0.2) is 4.79 Å². The standard InChI is InChI=1S/C26H25N3O7S/c1-6-36-26(32)21-17-13-37-24(20(17)25(31)29(28-21)16-9-7-14(2)8-10-16)27-23(30)15-11-18(33-3)22(35-5)19(12-15)34-4/h7-13H,6H2,1-5H3,(H,27,30). The van der Waals surface area contributed by atoms with Crippen molar-refractivity contribution in [2.24, 2.45) is 0 Å². The van der Waals surface area contributed by atoms with Crippen LogP contribution in [0.3, 0.4) is 0 Å². The number of amides is 1. The van der Waals surface area contributed by atoms with E-state index in [1.807, 2.05) is 19.1 Å². The Labute approximate surface area is 216 Å². The second-order valence-corrected chi connectivity index (χ2v) is 8.72. The number of esters is 1. The molecule has 2 aromatic carbocycles. The van der Waals surface area contributed by atoms with E-state index in [4.69, 9.17) is 18.9 Å². The first kappa shape index (κ1) is 25.7. The maximum atomic E-state index is 13.6. The van der Waals surface area contributed by atoms with Gasteiger partial charge in [-0.3, -0.25) is 9.59 Å². The maximum absolute atomic E-state index is 13.6. The molecule has 2 aromatic heterocycles. The van der Waals surface area contributed by atoms with Gasteiger partial charge in [0.15, 0.2) is 17.2 Å². The summed E-state index contributed by atoms with van der Waals surface area (Å²) in [6, 6.07) is 10.1. The molecule has 192 valence electrons. The van der Waals surface area contributed by atoms with Gasteiger partial charge in [-0.2, -0.15) is 9.78 Å². The SMILES string of the molecule is CCOC(=O)c1nn(-c2ccc(C)cc2)c(=O)c2c(NC(=O)c3cc(OC)c(OC)c(OC)c3)scc12. The molecule has 0 aliphatic heterocycles. The van der Waals surface area contributed by atoms with Gasteiger partial charge in [0.1, 0.15) is 5.00 Å². The molecule has 0 aliphatic rings. The van der Waals surface area contributed by atoms with E-state index in [9.17, 15) is 14.4 Å². The van der Waals surface area contributed by atoms with Gasteiger partial charge in [-0.1, -0.05) is 17.7 Å². The molecule has 37 heavy (non-hydrogen) atoms. The summed E-state index contributed by atoms with van der Waals surface area (Å²) in [7, 11) is 4.36. The summed E-state index contributed by atoms with van der Waals surface area (Å²) in [6.45, 7) is 3.74. The van der Waals surface area contributed by atoms with Crippen LogP contribution in [0.25, 0.3) is 16.5 Å². The molecule has 0 saturated heterocycles. The lowest BCUT2D eigenvalue weighted by Gasteiger charge is -2.14. The number of hydrogen-bond acceptors (Lipinski definition) is 9. The van der Waals surface area contributed by atoms with Gasteiger partial charge in [0.05, 0.1) is 39.0 Å². The van der Waals surface area contributed by atoms with Gasteiger partial charge in [-0.05, 0) is 38.1 Å². The Bertz CT molecular complexity index is 1520. The summed E-state index contributed by atoms with van der Waals surface area (Å²) in [5, 5.41) is 9.38. The third-order valence-electron chi connectivity index (χ3n) is 5.55. The monoisotopic (exact) mass is 523 g/mol. The summed E-state index contributed by atoms with van der Waals surface area (Å²) in [4.78, 5) is 39.6. The Balaban J connectivity index is 1.85. The predicted molar refractivity (Wildman–Crippen MR) is 140 cm³/mol. The summed E-state index contributed by atoms with van der Waals surface area (Å²) in [5.74, 6) is -0.237. The van der Waals surface area contributed by atoms with E-state index in [2.05, 4.69) is 10.4 Å². The average molecular weight is 524 g/mol. The zero-order chi connectivity index (χ0) is 26.7. The molecule has 0 bridgehead atoms. The van der Waals surface area contributed by atoms with Crippen molar-refractivity contribution >= 4 is 39.0 Å². The molecule has 11 heteroatoms. The van der Waals surface area contributed by atoms with Gasteiger partial charge in [0.25, 0.3) is 11.5 Å². The largest absolute Gasteiger partial charge is 0.493 e. The topological polar surface area (TPSA) is 118 Å². The molecule has 0 fully saturated rings. The number of aromatic nitrogens is 2. The van der Waals surface area contributed by atoms with Crippen LogP contribution in [0.5, 0.6) is 17.2 Å². The Morgan fingerprint density at radius 1 is 1.03 bits per heavy atom. The molecule has 2 heterocycles. The van der Waals surface area contributed by atoms with Gasteiger partial charge in [0.2, 0.25) is 5.75 Å². The Hall–Kier alpha value is -4.38. The molecular formula is C26H25N3O7S. The molecule has 4 rings (SSSR count). The minimum atomic E-state index is -0.673. The number of ether oxygens (including phenoxy) is 4. The van der Waals surface area contributed by atoms with Crippen LogP contribution in [0.15, 0.2) is 46.6 Å². The fourth-order valence-corrected chi connectivity index (χ4v) is 4.67. The van der Waals surface area contributed by atoms with E-state index in [1.165, 1.54) is 33.5 Å². The highest BCUT2D eigenvalue weighted by molar-refractivity contribution is 7.16. The average Bonchev–Trinajstić information content (AvgIpc) is 3.32. The lowest BCUT2D eigenvalue weighted by Crippen LogP contribution is -2.25. The first-order valence-corrected chi connectivity index (χ1v) is 12.1. The number of anilines is 1. The van der Waals surface area contributed by atoms with E-state index in [0.717, 1.165) is 21.6 Å². The van der Waals surface area contributed by atoms with Crippen LogP contribution in [-0.2, 0) is 4.74 Å². The van der Waals surface area contributed by atoms with Crippen molar-refractivity contribution in [3.63, 3.8) is 0 Å². The smallest absolute Gasteiger partial charge is 0.359 e. The number of nitrogens with one attached hydrogen (secondary N) is 1. The maximum Gasteiger partial charge on any atom is 0.359 e. The Kier molecular flexibility index (Phi) is 7.44. The zero-order valence-corrected chi connectivity index (χ0v) is 21.7. The van der Waals surface area contributed by atoms with Gasteiger partial charge >= 0.3 is 5.97 Å². The summed E-state index contributed by atoms with van der Waals surface area (Å²) in [5.41, 5.74) is 1.16. The van der Waals surface area contributed by atoms with E-state index in [-0.39, 0.29) is 33.6 Å². The summed E-state index contributed by atoms with van der Waals surface area (Å²) in [6.07, 6.45) is 0. The number of thiophene rings is 1. The van der Waals surface area contributed by atoms with E-state index < -0.39 is 17.4 Å². The molecule has 0 spiro atoms. The van der Waals surface area contributed by atoms with Gasteiger partial charge < -0.3 is 24.3 Å². The van der Waals surface area contributed by atoms with Crippen LogP contribution in [0.1, 0.15) is 33.3 Å². The molecule has 0 aliphatic carbocycles. The van der Waals surface area contributed by atoms with Crippen LogP contribution in [0.4, 0.5) is 5.00 Å². The van der Waals surface area contributed by atoms with Gasteiger partial charge in [-0.15, -0.1) is 11.3 Å². The third kappa shape index (κ3) is 4.85. The van der Waals surface area contributed by atoms with Crippen LogP contribution in [0, 0.1) is 6.92 Å². The second-order valence-electron chi connectivity index (χ2n) is 7.84. The molecule has 0 atom stereocenters. The number of methoxy groups -OCH3 is 3. The fourth-order valence-electron chi connectivity index (χ4n) is 3.74. The third-order valence-corrected chi connectivity index (χ3v) is 6.45. The van der Waals surface area contributed by atoms with Crippen molar-refractivity contribution in [2.75, 3.05) is 33.3 Å². The quantitative estimate of drug-likeness (QED) is 0.341. The normalized spacial score (nSPS) is 10.7. The van der Waals surface area contributed by atoms with Crippen molar-refractivity contribution in [1.82, 2.24) is 9.78 Å². The van der Waals surface area contributed by atoms with Crippen molar-refractivity contribution in [3.8, 4) is 22.9 Å². The molecule has 1 N–H and O–H groups in total. The minimum absolute atomic E-state index is 0.0263. The van der Waals surface area contributed by atoms with E-state index >= 15 is 0 Å². The predicted octanol–water partition coefficient (Wildman–Crippen LogP) is 4.21. The first-order valence-electron chi connectivity index (χ1n) is 11.2. The number of fused-ring (bicyclic) bond motifs is 1. The zero-order valence-electron chi connectivity index (χ0n) is 20.9. The number of hydrogen-bond donors (Lipinski definition) is 1.